The zero-order valence-electron chi connectivity index (χ0n) is 21.0. The molecule has 2 N–H and O–H groups in total. The molecule has 0 aliphatic heterocycles. The number of aliphatic hydroxyl groups excluding tert-OH is 2. The first-order valence-electron chi connectivity index (χ1n) is 13.3. The number of carbonyl (C=O) groups excluding carboxylic acids is 1. The molecule has 4 saturated carbocycles. The topological polar surface area (TPSA) is 57.5 Å². The lowest BCUT2D eigenvalue weighted by atomic mass is 9.44. The highest BCUT2D eigenvalue weighted by molar-refractivity contribution is 5.83. The van der Waals surface area contributed by atoms with Crippen molar-refractivity contribution >= 4 is 5.78 Å². The Kier molecular flexibility index (Phi) is 6.21. The third-order valence-corrected chi connectivity index (χ3v) is 11.5. The standard InChI is InChI=1S/C28H48O3/c1-7-26(3,4)12-10-17(2)19-8-9-20-18-14-23(29)22-15-24(30)25(31)16-28(22,6)21(18)11-13-27(19,20)5/h17-22,24-25,30-31H,7-16H2,1-6H3/t17?,18-,19+,20-,21-,22+,24-,25+,27+,28+/m0/s1. The van der Waals surface area contributed by atoms with Crippen LogP contribution in [0.2, 0.25) is 0 Å². The molecule has 178 valence electrons. The van der Waals surface area contributed by atoms with Gasteiger partial charge in [0.1, 0.15) is 5.78 Å². The average molecular weight is 433 g/mol. The summed E-state index contributed by atoms with van der Waals surface area (Å²) in [6.07, 6.45) is 9.36. The van der Waals surface area contributed by atoms with Crippen LogP contribution < -0.4 is 0 Å². The van der Waals surface area contributed by atoms with Crippen molar-refractivity contribution in [2.45, 2.75) is 118 Å². The highest BCUT2D eigenvalue weighted by Crippen LogP contribution is 2.67. The number of hydrogen-bond acceptors (Lipinski definition) is 3. The minimum atomic E-state index is -0.725. The van der Waals surface area contributed by atoms with Crippen LogP contribution in [0.1, 0.15) is 106 Å². The van der Waals surface area contributed by atoms with E-state index in [-0.39, 0.29) is 11.3 Å². The van der Waals surface area contributed by atoms with Gasteiger partial charge in [0.2, 0.25) is 0 Å². The molecule has 0 aromatic heterocycles. The highest BCUT2D eigenvalue weighted by Gasteiger charge is 2.63. The van der Waals surface area contributed by atoms with E-state index in [0.29, 0.717) is 47.2 Å². The minimum Gasteiger partial charge on any atom is -0.390 e. The molecule has 0 bridgehead atoms. The molecule has 0 aromatic rings. The molecule has 4 rings (SSSR count). The van der Waals surface area contributed by atoms with E-state index in [1.807, 2.05) is 0 Å². The van der Waals surface area contributed by atoms with E-state index in [0.717, 1.165) is 18.3 Å². The molecule has 1 unspecified atom stereocenters. The lowest BCUT2D eigenvalue weighted by Gasteiger charge is -2.61. The zero-order chi connectivity index (χ0) is 22.8. The number of fused-ring (bicyclic) bond motifs is 5. The molecule has 0 saturated heterocycles. The number of aliphatic hydroxyl groups is 2. The van der Waals surface area contributed by atoms with Crippen LogP contribution in [-0.2, 0) is 4.79 Å². The first-order chi connectivity index (χ1) is 14.4. The molecule has 0 radical (unpaired) electrons. The molecule has 4 aliphatic rings. The fraction of sp³-hybridized carbons (Fsp3) is 0.964. The molecule has 10 atom stereocenters. The van der Waals surface area contributed by atoms with Gasteiger partial charge in [-0.25, -0.2) is 0 Å². The van der Waals surface area contributed by atoms with Crippen molar-refractivity contribution in [2.24, 2.45) is 51.8 Å². The molecule has 31 heavy (non-hydrogen) atoms. The molecular formula is C28H48O3. The van der Waals surface area contributed by atoms with Gasteiger partial charge in [-0.05, 0) is 97.2 Å². The second kappa shape index (κ2) is 8.12. The van der Waals surface area contributed by atoms with Crippen LogP contribution in [0.3, 0.4) is 0 Å². The van der Waals surface area contributed by atoms with Gasteiger partial charge < -0.3 is 10.2 Å². The Bertz CT molecular complexity index is 686. The molecule has 0 amide bonds. The fourth-order valence-corrected chi connectivity index (χ4v) is 9.04. The molecule has 0 heterocycles. The van der Waals surface area contributed by atoms with E-state index in [4.69, 9.17) is 0 Å². The summed E-state index contributed by atoms with van der Waals surface area (Å²) < 4.78 is 0. The zero-order valence-corrected chi connectivity index (χ0v) is 21.0. The largest absolute Gasteiger partial charge is 0.390 e. The Labute approximate surface area is 190 Å². The van der Waals surface area contributed by atoms with Gasteiger partial charge in [0.05, 0.1) is 12.2 Å². The Morgan fingerprint density at radius 1 is 1.06 bits per heavy atom. The summed E-state index contributed by atoms with van der Waals surface area (Å²) in [7, 11) is 0. The van der Waals surface area contributed by atoms with Crippen LogP contribution in [-0.4, -0.2) is 28.2 Å². The van der Waals surface area contributed by atoms with Crippen LogP contribution in [0.15, 0.2) is 0 Å². The second-order valence-electron chi connectivity index (χ2n) is 13.4. The molecule has 4 aliphatic carbocycles. The number of hydrogen-bond donors (Lipinski definition) is 2. The Morgan fingerprint density at radius 3 is 2.42 bits per heavy atom. The van der Waals surface area contributed by atoms with Crippen LogP contribution in [0.25, 0.3) is 0 Å². The lowest BCUT2D eigenvalue weighted by Crippen LogP contribution is -2.59. The van der Waals surface area contributed by atoms with Gasteiger partial charge in [-0.1, -0.05) is 48.0 Å². The molecule has 3 heteroatoms. The summed E-state index contributed by atoms with van der Waals surface area (Å²) in [4.78, 5) is 13.3. The molecule has 3 nitrogen and oxygen atoms in total. The summed E-state index contributed by atoms with van der Waals surface area (Å²) in [5.41, 5.74) is 0.679. The van der Waals surface area contributed by atoms with E-state index in [9.17, 15) is 15.0 Å². The highest BCUT2D eigenvalue weighted by atomic mass is 16.3. The van der Waals surface area contributed by atoms with Crippen molar-refractivity contribution in [3.63, 3.8) is 0 Å². The van der Waals surface area contributed by atoms with E-state index < -0.39 is 12.2 Å². The maximum Gasteiger partial charge on any atom is 0.136 e. The van der Waals surface area contributed by atoms with Crippen LogP contribution >= 0.6 is 0 Å². The molecule has 0 aromatic carbocycles. The van der Waals surface area contributed by atoms with E-state index >= 15 is 0 Å². The SMILES string of the molecule is CCC(C)(C)CCC(C)[C@H]1CC[C@H]2[C@@H]3CC(=O)[C@H]4C[C@H](O)[C@H](O)C[C@]4(C)[C@H]3CC[C@]12C. The molecule has 4 fully saturated rings. The summed E-state index contributed by atoms with van der Waals surface area (Å²) in [5.74, 6) is 3.53. The van der Waals surface area contributed by atoms with Gasteiger partial charge in [-0.15, -0.1) is 0 Å². The van der Waals surface area contributed by atoms with Crippen molar-refractivity contribution in [1.29, 1.82) is 0 Å². The van der Waals surface area contributed by atoms with Crippen molar-refractivity contribution in [1.82, 2.24) is 0 Å². The molecular weight excluding hydrogens is 384 g/mol. The maximum absolute atomic E-state index is 13.3. The number of rotatable bonds is 5. The van der Waals surface area contributed by atoms with Crippen LogP contribution in [0, 0.1) is 51.8 Å². The van der Waals surface area contributed by atoms with Crippen molar-refractivity contribution < 1.29 is 15.0 Å². The Morgan fingerprint density at radius 2 is 1.74 bits per heavy atom. The average Bonchev–Trinajstić information content (AvgIpc) is 3.06. The maximum atomic E-state index is 13.3. The number of carbonyl (C=O) groups is 1. The van der Waals surface area contributed by atoms with Gasteiger partial charge in [-0.3, -0.25) is 4.79 Å². The quantitative estimate of drug-likeness (QED) is 0.559. The van der Waals surface area contributed by atoms with Gasteiger partial charge in [0, 0.05) is 12.3 Å². The molecule has 0 spiro atoms. The Hall–Kier alpha value is -0.410. The summed E-state index contributed by atoms with van der Waals surface area (Å²) in [5, 5.41) is 20.8. The van der Waals surface area contributed by atoms with Crippen LogP contribution in [0.4, 0.5) is 0 Å². The van der Waals surface area contributed by atoms with Crippen LogP contribution in [0.5, 0.6) is 0 Å². The van der Waals surface area contributed by atoms with Gasteiger partial charge in [-0.2, -0.15) is 0 Å². The van der Waals surface area contributed by atoms with Gasteiger partial charge in [0.15, 0.2) is 0 Å². The van der Waals surface area contributed by atoms with Crippen molar-refractivity contribution in [3.05, 3.63) is 0 Å². The predicted octanol–water partition coefficient (Wildman–Crippen LogP) is 6.01. The second-order valence-corrected chi connectivity index (χ2v) is 13.4. The lowest BCUT2D eigenvalue weighted by molar-refractivity contribution is -0.173. The third kappa shape index (κ3) is 3.84. The monoisotopic (exact) mass is 432 g/mol. The first kappa shape index (κ1) is 23.7. The van der Waals surface area contributed by atoms with E-state index in [2.05, 4.69) is 41.5 Å². The first-order valence-corrected chi connectivity index (χ1v) is 13.3. The van der Waals surface area contributed by atoms with E-state index in [1.54, 1.807) is 0 Å². The van der Waals surface area contributed by atoms with Gasteiger partial charge in [0.25, 0.3) is 0 Å². The fourth-order valence-electron chi connectivity index (χ4n) is 9.04. The number of Topliss-reactive ketones (excluding diaryl/α,β-unsaturated/α-hetero) is 1. The third-order valence-electron chi connectivity index (χ3n) is 11.5. The summed E-state index contributed by atoms with van der Waals surface area (Å²) in [6.45, 7) is 14.5. The number of ketones is 1. The predicted molar refractivity (Wildman–Crippen MR) is 125 cm³/mol. The van der Waals surface area contributed by atoms with Crippen molar-refractivity contribution in [3.8, 4) is 0 Å². The normalized spacial score (nSPS) is 48.6. The Balaban J connectivity index is 1.53. The van der Waals surface area contributed by atoms with E-state index in [1.165, 1.54) is 44.9 Å². The minimum absolute atomic E-state index is 0.0519. The van der Waals surface area contributed by atoms with Crippen molar-refractivity contribution in [2.75, 3.05) is 0 Å². The summed E-state index contributed by atoms with van der Waals surface area (Å²) in [6, 6.07) is 0. The summed E-state index contributed by atoms with van der Waals surface area (Å²) >= 11 is 0. The smallest absolute Gasteiger partial charge is 0.136 e. The van der Waals surface area contributed by atoms with Gasteiger partial charge >= 0.3 is 0 Å².